The van der Waals surface area contributed by atoms with Crippen LogP contribution < -0.4 is 0 Å². The van der Waals surface area contributed by atoms with Crippen molar-refractivity contribution in [3.05, 3.63) is 101 Å². The van der Waals surface area contributed by atoms with Crippen molar-refractivity contribution in [2.24, 2.45) is 0 Å². The Labute approximate surface area is 189 Å². The lowest BCUT2D eigenvalue weighted by Gasteiger charge is -2.22. The van der Waals surface area contributed by atoms with Crippen LogP contribution in [0, 0.1) is 6.92 Å². The van der Waals surface area contributed by atoms with Crippen LogP contribution in [0.1, 0.15) is 46.6 Å². The van der Waals surface area contributed by atoms with E-state index in [-0.39, 0.29) is 5.78 Å². The Morgan fingerprint density at radius 3 is 2.50 bits per heavy atom. The predicted octanol–water partition coefficient (Wildman–Crippen LogP) is 5.21. The number of ether oxygens (including phenoxy) is 2. The van der Waals surface area contributed by atoms with E-state index < -0.39 is 11.6 Å². The molecule has 0 saturated carbocycles. The third kappa shape index (κ3) is 5.83. The van der Waals surface area contributed by atoms with Crippen LogP contribution in [-0.4, -0.2) is 29.0 Å². The summed E-state index contributed by atoms with van der Waals surface area (Å²) in [7, 11) is 1.35. The van der Waals surface area contributed by atoms with Gasteiger partial charge in [-0.15, -0.1) is 0 Å². The maximum Gasteiger partial charge on any atom is 0.337 e. The molecule has 166 valence electrons. The number of esters is 1. The van der Waals surface area contributed by atoms with Gasteiger partial charge < -0.3 is 14.0 Å². The molecule has 0 bridgehead atoms. The second-order valence-corrected chi connectivity index (χ2v) is 8.18. The van der Waals surface area contributed by atoms with Gasteiger partial charge in [0.1, 0.15) is 0 Å². The summed E-state index contributed by atoms with van der Waals surface area (Å²) >= 11 is 0. The van der Waals surface area contributed by atoms with E-state index in [1.807, 2.05) is 90.5 Å². The second-order valence-electron chi connectivity index (χ2n) is 8.18. The maximum atomic E-state index is 12.8. The van der Waals surface area contributed by atoms with Crippen LogP contribution in [-0.2, 0) is 27.4 Å². The molecule has 3 rings (SSSR count). The van der Waals surface area contributed by atoms with Crippen LogP contribution >= 0.6 is 0 Å². The molecule has 1 aromatic heterocycles. The van der Waals surface area contributed by atoms with Gasteiger partial charge in [-0.25, -0.2) is 4.79 Å². The molecule has 0 spiro atoms. The number of rotatable bonds is 9. The van der Waals surface area contributed by atoms with Gasteiger partial charge in [-0.05, 0) is 50.1 Å². The Kier molecular flexibility index (Phi) is 7.44. The molecule has 0 atom stereocenters. The Balaban J connectivity index is 1.64. The van der Waals surface area contributed by atoms with E-state index >= 15 is 0 Å². The van der Waals surface area contributed by atoms with Crippen molar-refractivity contribution >= 4 is 17.8 Å². The minimum atomic E-state index is -1.00. The van der Waals surface area contributed by atoms with E-state index in [2.05, 4.69) is 0 Å². The van der Waals surface area contributed by atoms with Crippen LogP contribution in [0.3, 0.4) is 0 Å². The molecule has 2 aromatic carbocycles. The van der Waals surface area contributed by atoms with Crippen LogP contribution in [0.4, 0.5) is 0 Å². The molecule has 0 aliphatic carbocycles. The van der Waals surface area contributed by atoms with Gasteiger partial charge in [0.25, 0.3) is 0 Å². The van der Waals surface area contributed by atoms with Gasteiger partial charge in [-0.3, -0.25) is 4.79 Å². The first-order valence-corrected chi connectivity index (χ1v) is 10.5. The molecule has 0 aliphatic rings. The van der Waals surface area contributed by atoms with Gasteiger partial charge >= 0.3 is 5.97 Å². The van der Waals surface area contributed by atoms with Crippen molar-refractivity contribution in [1.82, 2.24) is 4.57 Å². The van der Waals surface area contributed by atoms with E-state index in [9.17, 15) is 9.59 Å². The van der Waals surface area contributed by atoms with Crippen LogP contribution in [0.2, 0.25) is 0 Å². The van der Waals surface area contributed by atoms with Crippen LogP contribution in [0.25, 0.3) is 6.08 Å². The van der Waals surface area contributed by atoms with Gasteiger partial charge in [-0.1, -0.05) is 60.2 Å². The molecule has 0 unspecified atom stereocenters. The molecule has 3 aromatic rings. The Bertz CT molecular complexity index is 1110. The number of carbonyl (C=O) groups excluding carboxylic acids is 2. The number of benzene rings is 2. The molecule has 0 radical (unpaired) electrons. The summed E-state index contributed by atoms with van der Waals surface area (Å²) < 4.78 is 12.4. The number of aromatic nitrogens is 1. The minimum Gasteiger partial charge on any atom is -0.467 e. The molecule has 32 heavy (non-hydrogen) atoms. The highest BCUT2D eigenvalue weighted by Gasteiger charge is 2.29. The predicted molar refractivity (Wildman–Crippen MR) is 125 cm³/mol. The number of ketones is 1. The number of carbonyl (C=O) groups is 2. The van der Waals surface area contributed by atoms with Crippen LogP contribution in [0.5, 0.6) is 0 Å². The van der Waals surface area contributed by atoms with Crippen molar-refractivity contribution in [2.75, 3.05) is 7.11 Å². The van der Waals surface area contributed by atoms with Gasteiger partial charge in [0.2, 0.25) is 5.78 Å². The third-order valence-electron chi connectivity index (χ3n) is 5.22. The number of hydrogen-bond acceptors (Lipinski definition) is 4. The van der Waals surface area contributed by atoms with Crippen molar-refractivity contribution in [3.63, 3.8) is 0 Å². The van der Waals surface area contributed by atoms with Crippen molar-refractivity contribution in [2.45, 2.75) is 39.5 Å². The topological polar surface area (TPSA) is 57.5 Å². The van der Waals surface area contributed by atoms with Gasteiger partial charge in [-0.2, -0.15) is 0 Å². The summed E-state index contributed by atoms with van der Waals surface area (Å²) in [5.74, 6) is -0.396. The molecule has 1 heterocycles. The molecule has 0 amide bonds. The maximum absolute atomic E-state index is 12.8. The highest BCUT2D eigenvalue weighted by molar-refractivity contribution is 6.08. The number of hydrogen-bond donors (Lipinski definition) is 0. The fourth-order valence-corrected chi connectivity index (χ4v) is 3.29. The number of methoxy groups -OCH3 is 1. The normalized spacial score (nSPS) is 11.6. The Morgan fingerprint density at radius 2 is 1.78 bits per heavy atom. The molecular formula is C27H29NO4. The smallest absolute Gasteiger partial charge is 0.337 e. The monoisotopic (exact) mass is 431 g/mol. The van der Waals surface area contributed by atoms with Gasteiger partial charge in [0.15, 0.2) is 5.60 Å². The zero-order valence-corrected chi connectivity index (χ0v) is 19.0. The molecule has 0 N–H and O–H groups in total. The second kappa shape index (κ2) is 10.2. The van der Waals surface area contributed by atoms with E-state index in [1.165, 1.54) is 7.11 Å². The molecule has 0 aliphatic heterocycles. The Morgan fingerprint density at radius 1 is 1.03 bits per heavy atom. The molecule has 0 saturated heterocycles. The summed E-state index contributed by atoms with van der Waals surface area (Å²) in [6, 6.07) is 19.3. The first kappa shape index (κ1) is 23.2. The van der Waals surface area contributed by atoms with Crippen molar-refractivity contribution in [1.29, 1.82) is 0 Å². The quantitative estimate of drug-likeness (QED) is 0.345. The lowest BCUT2D eigenvalue weighted by molar-refractivity contribution is -0.166. The first-order chi connectivity index (χ1) is 15.3. The standard InChI is InChI=1S/C27H29NO4/c1-20-12-14-23(15-13-20)25(29)24-11-7-17-28(24)16-6-10-21-8-5-9-22(18-21)19-32-27(2,3)26(30)31-4/h5-15,17-18H,16,19H2,1-4H3. The highest BCUT2D eigenvalue weighted by Crippen LogP contribution is 2.17. The molecule has 0 fully saturated rings. The van der Waals surface area contributed by atoms with Gasteiger partial charge in [0, 0.05) is 18.3 Å². The SMILES string of the molecule is COC(=O)C(C)(C)OCc1cccc(C=CCn2cccc2C(=O)c2ccc(C)cc2)c1. The third-order valence-corrected chi connectivity index (χ3v) is 5.22. The fraction of sp³-hybridized carbons (Fsp3) is 0.259. The number of aryl methyl sites for hydroxylation is 1. The van der Waals surface area contributed by atoms with E-state index in [4.69, 9.17) is 9.47 Å². The molecular weight excluding hydrogens is 402 g/mol. The summed E-state index contributed by atoms with van der Waals surface area (Å²) in [5, 5.41) is 0. The Hall–Kier alpha value is -3.44. The summed E-state index contributed by atoms with van der Waals surface area (Å²) in [6.07, 6.45) is 5.93. The number of nitrogens with zero attached hydrogens (tertiary/aromatic N) is 1. The summed E-state index contributed by atoms with van der Waals surface area (Å²) in [4.78, 5) is 24.6. The average Bonchev–Trinajstić information content (AvgIpc) is 3.26. The van der Waals surface area contributed by atoms with Crippen LogP contribution in [0.15, 0.2) is 72.9 Å². The summed E-state index contributed by atoms with van der Waals surface area (Å²) in [5.41, 5.74) is 3.44. The summed E-state index contributed by atoms with van der Waals surface area (Å²) in [6.45, 7) is 6.26. The van der Waals surface area contributed by atoms with E-state index in [0.717, 1.165) is 16.7 Å². The van der Waals surface area contributed by atoms with Gasteiger partial charge in [0.05, 0.1) is 19.4 Å². The van der Waals surface area contributed by atoms with Crippen molar-refractivity contribution in [3.8, 4) is 0 Å². The van der Waals surface area contributed by atoms with Crippen molar-refractivity contribution < 1.29 is 19.1 Å². The van der Waals surface area contributed by atoms with E-state index in [1.54, 1.807) is 13.8 Å². The zero-order valence-electron chi connectivity index (χ0n) is 19.0. The molecule has 5 nitrogen and oxygen atoms in total. The largest absolute Gasteiger partial charge is 0.467 e. The number of allylic oxidation sites excluding steroid dienone is 1. The molecule has 5 heteroatoms. The highest BCUT2D eigenvalue weighted by atomic mass is 16.6. The fourth-order valence-electron chi connectivity index (χ4n) is 3.29. The van der Waals surface area contributed by atoms with E-state index in [0.29, 0.717) is 24.4 Å². The zero-order chi connectivity index (χ0) is 23.1. The minimum absolute atomic E-state index is 0.00997. The lowest BCUT2D eigenvalue weighted by Crippen LogP contribution is -2.35. The first-order valence-electron chi connectivity index (χ1n) is 10.5. The lowest BCUT2D eigenvalue weighted by atomic mass is 10.1. The average molecular weight is 432 g/mol.